The lowest BCUT2D eigenvalue weighted by Crippen LogP contribution is -2.36. The first kappa shape index (κ1) is 19.5. The van der Waals surface area contributed by atoms with E-state index in [1.54, 1.807) is 0 Å². The normalized spacial score (nSPS) is 15.1. The predicted octanol–water partition coefficient (Wildman–Crippen LogP) is 3.75. The summed E-state index contributed by atoms with van der Waals surface area (Å²) in [4.78, 5) is 22.2. The molecule has 1 amide bonds. The second-order valence-electron chi connectivity index (χ2n) is 8.30. The molecule has 158 valence electrons. The number of rotatable bonds is 3. The van der Waals surface area contributed by atoms with Crippen LogP contribution in [0.1, 0.15) is 42.4 Å². The zero-order valence-corrected chi connectivity index (χ0v) is 17.9. The van der Waals surface area contributed by atoms with Crippen LogP contribution in [0.5, 0.6) is 0 Å². The highest BCUT2D eigenvalue weighted by atomic mass is 16.2. The average molecular weight is 415 g/mol. The Morgan fingerprint density at radius 1 is 0.903 bits per heavy atom. The van der Waals surface area contributed by atoms with Crippen LogP contribution in [0.4, 0.5) is 5.95 Å². The third kappa shape index (κ3) is 3.50. The molecule has 0 spiro atoms. The molecule has 4 aromatic rings. The SMILES string of the molecule is CC(C)c1nnc2c3ccccc3nc(N3CCCN(C(=O)c4ccccc4)CC3)n12. The maximum atomic E-state index is 13.0. The molecule has 0 atom stereocenters. The van der Waals surface area contributed by atoms with E-state index < -0.39 is 0 Å². The summed E-state index contributed by atoms with van der Waals surface area (Å²) in [6.07, 6.45) is 0.883. The Morgan fingerprint density at radius 3 is 2.48 bits per heavy atom. The first-order chi connectivity index (χ1) is 15.1. The summed E-state index contributed by atoms with van der Waals surface area (Å²) in [6.45, 7) is 7.18. The van der Waals surface area contributed by atoms with Gasteiger partial charge in [-0.2, -0.15) is 0 Å². The Morgan fingerprint density at radius 2 is 1.68 bits per heavy atom. The van der Waals surface area contributed by atoms with E-state index in [9.17, 15) is 4.79 Å². The number of hydrogen-bond donors (Lipinski definition) is 0. The van der Waals surface area contributed by atoms with Gasteiger partial charge in [0.25, 0.3) is 5.91 Å². The number of nitrogens with zero attached hydrogens (tertiary/aromatic N) is 6. The van der Waals surface area contributed by atoms with Crippen molar-refractivity contribution in [2.75, 3.05) is 31.1 Å². The molecule has 7 nitrogen and oxygen atoms in total. The van der Waals surface area contributed by atoms with Crippen LogP contribution in [0.3, 0.4) is 0 Å². The smallest absolute Gasteiger partial charge is 0.253 e. The van der Waals surface area contributed by atoms with Crippen LogP contribution in [-0.4, -0.2) is 56.6 Å². The van der Waals surface area contributed by atoms with E-state index >= 15 is 0 Å². The Hall–Kier alpha value is -3.48. The van der Waals surface area contributed by atoms with E-state index in [-0.39, 0.29) is 11.8 Å². The maximum absolute atomic E-state index is 13.0. The Labute approximate surface area is 181 Å². The number of fused-ring (bicyclic) bond motifs is 3. The number of hydrogen-bond acceptors (Lipinski definition) is 5. The lowest BCUT2D eigenvalue weighted by atomic mass is 10.2. The predicted molar refractivity (Wildman–Crippen MR) is 122 cm³/mol. The number of anilines is 1. The van der Waals surface area contributed by atoms with E-state index in [1.807, 2.05) is 59.5 Å². The Balaban J connectivity index is 1.51. The largest absolute Gasteiger partial charge is 0.340 e. The lowest BCUT2D eigenvalue weighted by molar-refractivity contribution is 0.0767. The summed E-state index contributed by atoms with van der Waals surface area (Å²) in [5.41, 5.74) is 2.49. The van der Waals surface area contributed by atoms with Crippen molar-refractivity contribution in [3.05, 3.63) is 66.0 Å². The van der Waals surface area contributed by atoms with Gasteiger partial charge in [0.1, 0.15) is 5.82 Å². The first-order valence-electron chi connectivity index (χ1n) is 10.9. The maximum Gasteiger partial charge on any atom is 0.253 e. The fourth-order valence-corrected chi connectivity index (χ4v) is 4.26. The molecule has 31 heavy (non-hydrogen) atoms. The molecular formula is C24H26N6O. The molecule has 7 heteroatoms. The van der Waals surface area contributed by atoms with Crippen LogP contribution in [0, 0.1) is 0 Å². The fourth-order valence-electron chi connectivity index (χ4n) is 4.26. The molecule has 2 aromatic carbocycles. The van der Waals surface area contributed by atoms with Gasteiger partial charge in [0, 0.05) is 43.0 Å². The standard InChI is InChI=1S/C24H26N6O/c1-17(2)21-26-27-22-19-11-6-7-12-20(19)25-24(30(21)22)29-14-8-13-28(15-16-29)23(31)18-9-4-3-5-10-18/h3-7,9-12,17H,8,13-16H2,1-2H3. The van der Waals surface area contributed by atoms with Gasteiger partial charge in [-0.3, -0.25) is 4.79 Å². The van der Waals surface area contributed by atoms with Gasteiger partial charge in [0.05, 0.1) is 5.52 Å². The molecule has 3 heterocycles. The zero-order valence-electron chi connectivity index (χ0n) is 17.9. The molecule has 1 saturated heterocycles. The summed E-state index contributed by atoms with van der Waals surface area (Å²) < 4.78 is 2.10. The highest BCUT2D eigenvalue weighted by Crippen LogP contribution is 2.27. The third-order valence-electron chi connectivity index (χ3n) is 5.86. The molecule has 0 N–H and O–H groups in total. The molecule has 0 unspecified atom stereocenters. The van der Waals surface area contributed by atoms with Gasteiger partial charge in [-0.15, -0.1) is 10.2 Å². The minimum Gasteiger partial charge on any atom is -0.340 e. The quantitative estimate of drug-likeness (QED) is 0.511. The molecule has 1 fully saturated rings. The third-order valence-corrected chi connectivity index (χ3v) is 5.86. The summed E-state index contributed by atoms with van der Waals surface area (Å²) >= 11 is 0. The summed E-state index contributed by atoms with van der Waals surface area (Å²) in [5.74, 6) is 2.08. The van der Waals surface area contributed by atoms with Crippen LogP contribution < -0.4 is 4.90 Å². The minimum absolute atomic E-state index is 0.0891. The number of benzene rings is 2. The van der Waals surface area contributed by atoms with Crippen molar-refractivity contribution in [3.8, 4) is 0 Å². The van der Waals surface area contributed by atoms with Crippen molar-refractivity contribution in [2.45, 2.75) is 26.2 Å². The highest BCUT2D eigenvalue weighted by molar-refractivity contribution is 5.94. The number of aromatic nitrogens is 4. The van der Waals surface area contributed by atoms with Crippen molar-refractivity contribution in [1.29, 1.82) is 0 Å². The summed E-state index contributed by atoms with van der Waals surface area (Å²) in [5, 5.41) is 10.0. The topological polar surface area (TPSA) is 66.6 Å². The minimum atomic E-state index is 0.0891. The van der Waals surface area contributed by atoms with E-state index in [0.29, 0.717) is 13.1 Å². The van der Waals surface area contributed by atoms with E-state index in [4.69, 9.17) is 4.98 Å². The average Bonchev–Trinajstić information content (AvgIpc) is 3.11. The van der Waals surface area contributed by atoms with Crippen LogP contribution in [0.2, 0.25) is 0 Å². The van der Waals surface area contributed by atoms with Crippen molar-refractivity contribution in [2.24, 2.45) is 0 Å². The zero-order chi connectivity index (χ0) is 21.4. The fraction of sp³-hybridized carbons (Fsp3) is 0.333. The Kier molecular flexibility index (Phi) is 5.02. The first-order valence-corrected chi connectivity index (χ1v) is 10.9. The van der Waals surface area contributed by atoms with Gasteiger partial charge in [0.15, 0.2) is 5.65 Å². The van der Waals surface area contributed by atoms with Crippen molar-refractivity contribution < 1.29 is 4.79 Å². The van der Waals surface area contributed by atoms with Crippen LogP contribution in [0.25, 0.3) is 16.6 Å². The lowest BCUT2D eigenvalue weighted by Gasteiger charge is -2.24. The van der Waals surface area contributed by atoms with Gasteiger partial charge in [-0.1, -0.05) is 44.2 Å². The van der Waals surface area contributed by atoms with Crippen molar-refractivity contribution in [3.63, 3.8) is 0 Å². The number of carbonyl (C=O) groups is 1. The monoisotopic (exact) mass is 414 g/mol. The van der Waals surface area contributed by atoms with E-state index in [2.05, 4.69) is 33.3 Å². The second-order valence-corrected chi connectivity index (χ2v) is 8.30. The van der Waals surface area contributed by atoms with Gasteiger partial charge < -0.3 is 9.80 Å². The second kappa shape index (κ2) is 7.98. The van der Waals surface area contributed by atoms with E-state index in [0.717, 1.165) is 53.4 Å². The van der Waals surface area contributed by atoms with Crippen LogP contribution in [-0.2, 0) is 0 Å². The van der Waals surface area contributed by atoms with Gasteiger partial charge in [-0.25, -0.2) is 9.38 Å². The van der Waals surface area contributed by atoms with Crippen molar-refractivity contribution >= 4 is 28.4 Å². The van der Waals surface area contributed by atoms with E-state index in [1.165, 1.54) is 0 Å². The highest BCUT2D eigenvalue weighted by Gasteiger charge is 2.25. The van der Waals surface area contributed by atoms with Gasteiger partial charge >= 0.3 is 0 Å². The molecule has 2 aromatic heterocycles. The number of para-hydroxylation sites is 1. The molecule has 0 bridgehead atoms. The molecule has 0 aliphatic carbocycles. The number of amides is 1. The van der Waals surface area contributed by atoms with Crippen LogP contribution in [0.15, 0.2) is 54.6 Å². The molecule has 1 aliphatic rings. The summed E-state index contributed by atoms with van der Waals surface area (Å²) in [7, 11) is 0. The molecule has 0 radical (unpaired) electrons. The molecular weight excluding hydrogens is 388 g/mol. The summed E-state index contributed by atoms with van der Waals surface area (Å²) in [6, 6.07) is 17.6. The molecule has 5 rings (SSSR count). The van der Waals surface area contributed by atoms with Crippen LogP contribution >= 0.6 is 0 Å². The van der Waals surface area contributed by atoms with Gasteiger partial charge in [-0.05, 0) is 30.7 Å². The Bertz CT molecular complexity index is 1230. The van der Waals surface area contributed by atoms with Crippen molar-refractivity contribution in [1.82, 2.24) is 24.5 Å². The molecule has 0 saturated carbocycles. The molecule has 1 aliphatic heterocycles. The van der Waals surface area contributed by atoms with Gasteiger partial charge in [0.2, 0.25) is 5.95 Å². The number of carbonyl (C=O) groups excluding carboxylic acids is 1.